The highest BCUT2D eigenvalue weighted by Gasteiger charge is 2.45. The fourth-order valence-electron chi connectivity index (χ4n) is 1.87. The van der Waals surface area contributed by atoms with E-state index in [9.17, 15) is 9.59 Å². The molecule has 2 fully saturated rings. The molecule has 0 bridgehead atoms. The third kappa shape index (κ3) is 1.11. The number of fused-ring (bicyclic) bond motifs is 1. The summed E-state index contributed by atoms with van der Waals surface area (Å²) in [7, 11) is 3.51. The normalized spacial score (nSPS) is 29.8. The monoisotopic (exact) mass is 183 g/mol. The van der Waals surface area contributed by atoms with Crippen LogP contribution in [-0.2, 0) is 4.79 Å². The molecule has 2 rings (SSSR count). The molecule has 0 radical (unpaired) electrons. The number of imide groups is 1. The van der Waals surface area contributed by atoms with Gasteiger partial charge in [-0.25, -0.2) is 4.79 Å². The van der Waals surface area contributed by atoms with E-state index in [0.29, 0.717) is 13.1 Å². The first kappa shape index (κ1) is 8.50. The van der Waals surface area contributed by atoms with Crippen LogP contribution in [0.2, 0.25) is 0 Å². The molecule has 5 nitrogen and oxygen atoms in total. The van der Waals surface area contributed by atoms with Gasteiger partial charge in [0.15, 0.2) is 0 Å². The van der Waals surface area contributed by atoms with Gasteiger partial charge < -0.3 is 9.80 Å². The fraction of sp³-hybridized carbons (Fsp3) is 0.750. The molecule has 0 aromatic rings. The minimum atomic E-state index is -0.240. The average molecular weight is 183 g/mol. The van der Waals surface area contributed by atoms with Gasteiger partial charge in [-0.3, -0.25) is 9.69 Å². The van der Waals surface area contributed by atoms with Crippen molar-refractivity contribution in [1.82, 2.24) is 14.7 Å². The van der Waals surface area contributed by atoms with Crippen LogP contribution in [0.1, 0.15) is 0 Å². The molecular formula is C8H13N3O2. The zero-order valence-corrected chi connectivity index (χ0v) is 7.86. The van der Waals surface area contributed by atoms with E-state index in [1.54, 1.807) is 11.9 Å². The first-order valence-electron chi connectivity index (χ1n) is 4.38. The quantitative estimate of drug-likeness (QED) is 0.461. The lowest BCUT2D eigenvalue weighted by Gasteiger charge is -2.32. The van der Waals surface area contributed by atoms with Crippen molar-refractivity contribution in [1.29, 1.82) is 0 Å². The fourth-order valence-corrected chi connectivity index (χ4v) is 1.87. The van der Waals surface area contributed by atoms with Gasteiger partial charge in [-0.1, -0.05) is 0 Å². The van der Waals surface area contributed by atoms with Crippen LogP contribution >= 0.6 is 0 Å². The maximum atomic E-state index is 11.5. The van der Waals surface area contributed by atoms with E-state index < -0.39 is 0 Å². The average Bonchev–Trinajstić information content (AvgIpc) is 2.32. The van der Waals surface area contributed by atoms with Crippen LogP contribution in [0.25, 0.3) is 0 Å². The highest BCUT2D eigenvalue weighted by molar-refractivity contribution is 6.04. The van der Waals surface area contributed by atoms with Crippen LogP contribution in [0, 0.1) is 0 Å². The lowest BCUT2D eigenvalue weighted by atomic mass is 10.2. The summed E-state index contributed by atoms with van der Waals surface area (Å²) in [5.41, 5.74) is 0. The predicted octanol–water partition coefficient (Wildman–Crippen LogP) is -0.806. The molecule has 13 heavy (non-hydrogen) atoms. The van der Waals surface area contributed by atoms with Crippen molar-refractivity contribution in [3.8, 4) is 0 Å². The van der Waals surface area contributed by atoms with E-state index in [-0.39, 0.29) is 18.0 Å². The number of carbonyl (C=O) groups is 2. The van der Waals surface area contributed by atoms with E-state index in [1.165, 1.54) is 4.90 Å². The van der Waals surface area contributed by atoms with Crippen LogP contribution in [0.5, 0.6) is 0 Å². The Hall–Kier alpha value is -1.10. The number of hydrogen-bond acceptors (Lipinski definition) is 3. The minimum absolute atomic E-state index is 0.0726. The Kier molecular flexibility index (Phi) is 1.76. The van der Waals surface area contributed by atoms with Gasteiger partial charge in [0.1, 0.15) is 6.04 Å². The van der Waals surface area contributed by atoms with Gasteiger partial charge in [0.05, 0.1) is 0 Å². The molecule has 2 heterocycles. The molecule has 5 heteroatoms. The van der Waals surface area contributed by atoms with Gasteiger partial charge in [-0.15, -0.1) is 0 Å². The number of urea groups is 1. The molecule has 0 saturated carbocycles. The Balaban J connectivity index is 2.22. The summed E-state index contributed by atoms with van der Waals surface area (Å²) in [5.74, 6) is -0.0726. The standard InChI is InChI=1S/C8H13N3O2/c1-9-3-4-11-6(5-9)7(12)10(2)8(11)13/h6H,3-5H2,1-2H3. The third-order valence-electron chi connectivity index (χ3n) is 2.73. The summed E-state index contributed by atoms with van der Waals surface area (Å²) < 4.78 is 0. The van der Waals surface area contributed by atoms with Crippen LogP contribution in [0.15, 0.2) is 0 Å². The molecular weight excluding hydrogens is 170 g/mol. The van der Waals surface area contributed by atoms with E-state index in [4.69, 9.17) is 0 Å². The second-order valence-electron chi connectivity index (χ2n) is 3.65. The lowest BCUT2D eigenvalue weighted by Crippen LogP contribution is -2.51. The number of amides is 3. The summed E-state index contributed by atoms with van der Waals surface area (Å²) in [5, 5.41) is 0. The Morgan fingerprint density at radius 1 is 1.23 bits per heavy atom. The molecule has 0 aromatic heterocycles. The predicted molar refractivity (Wildman–Crippen MR) is 46.2 cm³/mol. The molecule has 0 spiro atoms. The van der Waals surface area contributed by atoms with Crippen molar-refractivity contribution >= 4 is 11.9 Å². The molecule has 1 atom stereocenters. The van der Waals surface area contributed by atoms with Gasteiger partial charge in [0.25, 0.3) is 5.91 Å². The number of nitrogens with zero attached hydrogens (tertiary/aromatic N) is 3. The summed E-state index contributed by atoms with van der Waals surface area (Å²) in [6, 6.07) is -0.389. The Labute approximate surface area is 76.9 Å². The van der Waals surface area contributed by atoms with Crippen molar-refractivity contribution in [2.75, 3.05) is 33.7 Å². The van der Waals surface area contributed by atoms with Crippen molar-refractivity contribution in [2.24, 2.45) is 0 Å². The summed E-state index contributed by atoms with van der Waals surface area (Å²) in [6.45, 7) is 2.17. The van der Waals surface area contributed by atoms with Crippen molar-refractivity contribution in [3.05, 3.63) is 0 Å². The number of hydrogen-bond donors (Lipinski definition) is 0. The van der Waals surface area contributed by atoms with Crippen LogP contribution in [-0.4, -0.2) is 66.4 Å². The SMILES string of the molecule is CN1CCN2C(=O)N(C)C(=O)C2C1. The molecule has 2 saturated heterocycles. The Morgan fingerprint density at radius 2 is 1.92 bits per heavy atom. The highest BCUT2D eigenvalue weighted by Crippen LogP contribution is 2.19. The first-order chi connectivity index (χ1) is 6.11. The molecule has 0 N–H and O–H groups in total. The summed E-state index contributed by atoms with van der Waals surface area (Å²) in [4.78, 5) is 27.9. The zero-order valence-electron chi connectivity index (χ0n) is 7.86. The highest BCUT2D eigenvalue weighted by atomic mass is 16.2. The van der Waals surface area contributed by atoms with Gasteiger partial charge in [-0.05, 0) is 7.05 Å². The number of likely N-dealkylation sites (N-methyl/N-ethyl adjacent to an activating group) is 2. The largest absolute Gasteiger partial charge is 0.327 e. The molecule has 72 valence electrons. The van der Waals surface area contributed by atoms with Crippen molar-refractivity contribution < 1.29 is 9.59 Å². The van der Waals surface area contributed by atoms with Gasteiger partial charge in [0.2, 0.25) is 0 Å². The van der Waals surface area contributed by atoms with Gasteiger partial charge in [-0.2, -0.15) is 0 Å². The first-order valence-corrected chi connectivity index (χ1v) is 4.38. The minimum Gasteiger partial charge on any atom is -0.310 e. The number of piperazine rings is 1. The molecule has 3 amide bonds. The Bertz CT molecular complexity index is 266. The second-order valence-corrected chi connectivity index (χ2v) is 3.65. The van der Waals surface area contributed by atoms with Gasteiger partial charge >= 0.3 is 6.03 Å². The molecule has 1 unspecified atom stereocenters. The van der Waals surface area contributed by atoms with E-state index in [1.807, 2.05) is 7.05 Å². The molecule has 2 aliphatic heterocycles. The zero-order chi connectivity index (χ0) is 9.59. The van der Waals surface area contributed by atoms with E-state index in [0.717, 1.165) is 6.54 Å². The van der Waals surface area contributed by atoms with Crippen LogP contribution in [0.3, 0.4) is 0 Å². The summed E-state index contributed by atoms with van der Waals surface area (Å²) in [6.07, 6.45) is 0. The third-order valence-corrected chi connectivity index (χ3v) is 2.73. The number of rotatable bonds is 0. The maximum Gasteiger partial charge on any atom is 0.327 e. The molecule has 2 aliphatic rings. The smallest absolute Gasteiger partial charge is 0.310 e. The van der Waals surface area contributed by atoms with Gasteiger partial charge in [0, 0.05) is 26.7 Å². The molecule has 0 aliphatic carbocycles. The Morgan fingerprint density at radius 3 is 2.62 bits per heavy atom. The lowest BCUT2D eigenvalue weighted by molar-refractivity contribution is -0.128. The number of carbonyl (C=O) groups excluding carboxylic acids is 2. The van der Waals surface area contributed by atoms with Crippen molar-refractivity contribution in [3.63, 3.8) is 0 Å². The maximum absolute atomic E-state index is 11.5. The van der Waals surface area contributed by atoms with Crippen LogP contribution in [0.4, 0.5) is 4.79 Å². The van der Waals surface area contributed by atoms with E-state index >= 15 is 0 Å². The summed E-state index contributed by atoms with van der Waals surface area (Å²) >= 11 is 0. The van der Waals surface area contributed by atoms with Crippen LogP contribution < -0.4 is 0 Å². The molecule has 0 aromatic carbocycles. The second kappa shape index (κ2) is 2.70. The van der Waals surface area contributed by atoms with Crippen molar-refractivity contribution in [2.45, 2.75) is 6.04 Å². The topological polar surface area (TPSA) is 43.9 Å². The van der Waals surface area contributed by atoms with E-state index in [2.05, 4.69) is 4.90 Å².